The van der Waals surface area contributed by atoms with Gasteiger partial charge in [-0.1, -0.05) is 66.7 Å². The molecule has 3 N–H and O–H groups in total. The molecule has 9 nitrogen and oxygen atoms in total. The summed E-state index contributed by atoms with van der Waals surface area (Å²) in [4.78, 5) is 31.9. The van der Waals surface area contributed by atoms with Crippen LogP contribution in [0.3, 0.4) is 0 Å². The van der Waals surface area contributed by atoms with Gasteiger partial charge in [0, 0.05) is 30.1 Å². The van der Waals surface area contributed by atoms with Gasteiger partial charge in [0.25, 0.3) is 0 Å². The fourth-order valence-corrected chi connectivity index (χ4v) is 6.70. The number of aromatic nitrogens is 3. The lowest BCUT2D eigenvalue weighted by molar-refractivity contribution is -0.118. The van der Waals surface area contributed by atoms with Crippen molar-refractivity contribution in [3.63, 3.8) is 0 Å². The second kappa shape index (κ2) is 10.8. The van der Waals surface area contributed by atoms with Gasteiger partial charge in [0.1, 0.15) is 5.82 Å². The van der Waals surface area contributed by atoms with E-state index >= 15 is 0 Å². The molecule has 0 fully saturated rings. The number of hydrogen-bond donors (Lipinski definition) is 2. The van der Waals surface area contributed by atoms with Crippen molar-refractivity contribution in [1.29, 1.82) is 5.26 Å². The average Bonchev–Trinajstić information content (AvgIpc) is 3.36. The standard InChI is InChI=1S/C27H24ClN7O2S2/c1-27(2)10-19-23(20(36)11-27)22(15-6-5-9-31-13-15)16(12-29)24(30)35(19)25-33-34-26(39-25)38-14-21(37)32-18-8-4-3-7-17(18)28/h3-9,13,22H,10-11,14,30H2,1-2H3,(H,32,37). The smallest absolute Gasteiger partial charge is 0.234 e. The Morgan fingerprint density at radius 1 is 1.28 bits per heavy atom. The van der Waals surface area contributed by atoms with Gasteiger partial charge < -0.3 is 11.1 Å². The molecule has 12 heteroatoms. The van der Waals surface area contributed by atoms with Crippen LogP contribution in [0.4, 0.5) is 10.8 Å². The fraction of sp³-hybridized carbons (Fsp3) is 0.259. The Morgan fingerprint density at radius 3 is 2.79 bits per heavy atom. The number of thioether (sulfide) groups is 1. The number of nitriles is 1. The second-order valence-corrected chi connectivity index (χ2v) is 12.5. The molecule has 1 amide bonds. The molecule has 1 atom stereocenters. The van der Waals surface area contributed by atoms with E-state index in [1.165, 1.54) is 23.1 Å². The highest BCUT2D eigenvalue weighted by Crippen LogP contribution is 2.50. The van der Waals surface area contributed by atoms with Crippen LogP contribution in [0.1, 0.15) is 38.2 Å². The van der Waals surface area contributed by atoms with Crippen LogP contribution in [-0.2, 0) is 9.59 Å². The van der Waals surface area contributed by atoms with Crippen LogP contribution in [0.25, 0.3) is 0 Å². The van der Waals surface area contributed by atoms with E-state index in [0.717, 1.165) is 5.56 Å². The lowest BCUT2D eigenvalue weighted by atomic mass is 9.69. The number of amides is 1. The Kier molecular flexibility index (Phi) is 7.44. The minimum Gasteiger partial charge on any atom is -0.384 e. The first kappa shape index (κ1) is 26.9. The molecule has 1 aliphatic carbocycles. The van der Waals surface area contributed by atoms with Crippen LogP contribution < -0.4 is 16.0 Å². The Morgan fingerprint density at radius 2 is 2.08 bits per heavy atom. The zero-order chi connectivity index (χ0) is 27.7. The minimum absolute atomic E-state index is 0.0317. The summed E-state index contributed by atoms with van der Waals surface area (Å²) >= 11 is 8.59. The molecule has 39 heavy (non-hydrogen) atoms. The topological polar surface area (TPSA) is 138 Å². The van der Waals surface area contributed by atoms with Crippen LogP contribution in [0.5, 0.6) is 0 Å². The number of nitrogens with zero attached hydrogens (tertiary/aromatic N) is 5. The van der Waals surface area contributed by atoms with Crippen LogP contribution >= 0.6 is 34.7 Å². The van der Waals surface area contributed by atoms with Gasteiger partial charge in [0.05, 0.1) is 34.0 Å². The molecule has 2 aliphatic rings. The molecule has 0 bridgehead atoms. The molecule has 0 spiro atoms. The van der Waals surface area contributed by atoms with Crippen molar-refractivity contribution in [2.75, 3.05) is 16.0 Å². The van der Waals surface area contributed by atoms with Crippen LogP contribution in [-0.4, -0.2) is 32.6 Å². The number of para-hydroxylation sites is 1. The highest BCUT2D eigenvalue weighted by molar-refractivity contribution is 8.01. The predicted molar refractivity (Wildman–Crippen MR) is 152 cm³/mol. The number of Topliss-reactive ketones (excluding diaryl/α,β-unsaturated/α-hetero) is 1. The van der Waals surface area contributed by atoms with Crippen LogP contribution in [0.2, 0.25) is 5.02 Å². The monoisotopic (exact) mass is 577 g/mol. The molecule has 3 aromatic rings. The van der Waals surface area contributed by atoms with Crippen molar-refractivity contribution >= 4 is 57.2 Å². The van der Waals surface area contributed by atoms with E-state index in [1.807, 2.05) is 19.9 Å². The van der Waals surface area contributed by atoms with Gasteiger partial charge in [-0.15, -0.1) is 10.2 Å². The zero-order valence-corrected chi connectivity index (χ0v) is 23.5. The number of nitrogens with two attached hydrogens (primary N) is 1. The number of hydrogen-bond acceptors (Lipinski definition) is 10. The third-order valence-electron chi connectivity index (χ3n) is 6.46. The lowest BCUT2D eigenvalue weighted by Crippen LogP contribution is -2.42. The van der Waals surface area contributed by atoms with Crippen molar-refractivity contribution in [2.24, 2.45) is 11.1 Å². The number of anilines is 2. The molecule has 2 aromatic heterocycles. The molecule has 5 rings (SSSR count). The van der Waals surface area contributed by atoms with Gasteiger partial charge in [-0.05, 0) is 35.6 Å². The largest absolute Gasteiger partial charge is 0.384 e. The fourth-order valence-electron chi connectivity index (χ4n) is 4.83. The summed E-state index contributed by atoms with van der Waals surface area (Å²) < 4.78 is 0.545. The molecule has 1 aromatic carbocycles. The first-order valence-electron chi connectivity index (χ1n) is 12.1. The van der Waals surface area contributed by atoms with Gasteiger partial charge in [-0.3, -0.25) is 19.5 Å². The Hall–Kier alpha value is -3.72. The molecule has 1 unspecified atom stereocenters. The van der Waals surface area contributed by atoms with E-state index in [-0.39, 0.29) is 34.3 Å². The highest BCUT2D eigenvalue weighted by atomic mass is 35.5. The van der Waals surface area contributed by atoms with Crippen molar-refractivity contribution < 1.29 is 9.59 Å². The summed E-state index contributed by atoms with van der Waals surface area (Å²) in [6, 6.07) is 12.9. The predicted octanol–water partition coefficient (Wildman–Crippen LogP) is 5.26. The number of carbonyl (C=O) groups excluding carboxylic acids is 2. The molecular formula is C27H24ClN7O2S2. The lowest BCUT2D eigenvalue weighted by Gasteiger charge is -2.42. The van der Waals surface area contributed by atoms with E-state index in [4.69, 9.17) is 17.3 Å². The van der Waals surface area contributed by atoms with Crippen LogP contribution in [0.15, 0.2) is 75.8 Å². The number of ketones is 1. The van der Waals surface area contributed by atoms with Crippen molar-refractivity contribution in [3.05, 3.63) is 82.0 Å². The third kappa shape index (κ3) is 5.41. The summed E-state index contributed by atoms with van der Waals surface area (Å²) in [5.74, 6) is -0.570. The molecule has 0 saturated heterocycles. The Balaban J connectivity index is 1.46. The first-order valence-corrected chi connectivity index (χ1v) is 14.2. The van der Waals surface area contributed by atoms with E-state index in [0.29, 0.717) is 44.3 Å². The second-order valence-electron chi connectivity index (χ2n) is 9.93. The maximum Gasteiger partial charge on any atom is 0.234 e. The van der Waals surface area contributed by atoms with E-state index in [1.54, 1.807) is 47.6 Å². The van der Waals surface area contributed by atoms with Gasteiger partial charge >= 0.3 is 0 Å². The van der Waals surface area contributed by atoms with E-state index < -0.39 is 5.92 Å². The summed E-state index contributed by atoms with van der Waals surface area (Å²) in [6.07, 6.45) is 4.23. The van der Waals surface area contributed by atoms with Crippen molar-refractivity contribution in [1.82, 2.24) is 15.2 Å². The third-order valence-corrected chi connectivity index (χ3v) is 8.83. The van der Waals surface area contributed by atoms with Gasteiger partial charge in [-0.2, -0.15) is 5.26 Å². The molecule has 0 saturated carbocycles. The van der Waals surface area contributed by atoms with Crippen molar-refractivity contribution in [2.45, 2.75) is 36.9 Å². The number of halogens is 1. The summed E-state index contributed by atoms with van der Waals surface area (Å²) in [6.45, 7) is 4.06. The van der Waals surface area contributed by atoms with Crippen molar-refractivity contribution in [3.8, 4) is 6.07 Å². The first-order chi connectivity index (χ1) is 18.7. The number of nitrogens with one attached hydrogen (secondary N) is 1. The zero-order valence-electron chi connectivity index (χ0n) is 21.1. The maximum absolute atomic E-state index is 13.6. The Labute approximate surface area is 238 Å². The summed E-state index contributed by atoms with van der Waals surface area (Å²) in [5, 5.41) is 22.4. The number of carbonyl (C=O) groups is 2. The minimum atomic E-state index is -0.603. The van der Waals surface area contributed by atoms with Gasteiger partial charge in [0.2, 0.25) is 11.0 Å². The molecule has 1 aliphatic heterocycles. The van der Waals surface area contributed by atoms with E-state index in [9.17, 15) is 14.9 Å². The SMILES string of the molecule is CC1(C)CC(=O)C2=C(C1)N(c1nnc(SCC(=O)Nc3ccccc3Cl)s1)C(N)=C(C#N)C2c1cccnc1. The highest BCUT2D eigenvalue weighted by Gasteiger charge is 2.45. The maximum atomic E-state index is 13.6. The quantitative estimate of drug-likeness (QED) is 0.376. The summed E-state index contributed by atoms with van der Waals surface area (Å²) in [7, 11) is 0. The molecule has 198 valence electrons. The Bertz CT molecular complexity index is 1560. The summed E-state index contributed by atoms with van der Waals surface area (Å²) in [5.41, 5.74) is 9.11. The molecule has 0 radical (unpaired) electrons. The number of benzene rings is 1. The number of pyridine rings is 1. The van der Waals surface area contributed by atoms with Gasteiger partial charge in [0.15, 0.2) is 10.1 Å². The average molecular weight is 578 g/mol. The number of rotatable bonds is 6. The van der Waals surface area contributed by atoms with E-state index in [2.05, 4.69) is 26.6 Å². The van der Waals surface area contributed by atoms with Crippen LogP contribution in [0, 0.1) is 16.7 Å². The molecule has 3 heterocycles. The normalized spacial score (nSPS) is 18.6. The van der Waals surface area contributed by atoms with Gasteiger partial charge in [-0.25, -0.2) is 0 Å². The molecular weight excluding hydrogens is 554 g/mol. The number of allylic oxidation sites excluding steroid dienone is 3.